The molecule has 27 heavy (non-hydrogen) atoms. The van der Waals surface area contributed by atoms with Crippen LogP contribution in [-0.4, -0.2) is 45.8 Å². The van der Waals surface area contributed by atoms with Crippen LogP contribution in [0.1, 0.15) is 16.3 Å². The van der Waals surface area contributed by atoms with Gasteiger partial charge in [0.05, 0.1) is 12.1 Å². The van der Waals surface area contributed by atoms with E-state index in [2.05, 4.69) is 10.3 Å². The Morgan fingerprint density at radius 1 is 1.30 bits per heavy atom. The number of aryl methyl sites for hydroxylation is 1. The fourth-order valence-corrected chi connectivity index (χ4v) is 4.00. The predicted octanol–water partition coefficient (Wildman–Crippen LogP) is 2.84. The zero-order chi connectivity index (χ0) is 19.2. The molecule has 3 rings (SSSR count). The second-order valence-corrected chi connectivity index (χ2v) is 8.01. The Labute approximate surface area is 165 Å². The molecule has 2 aromatic rings. The molecule has 1 saturated heterocycles. The summed E-state index contributed by atoms with van der Waals surface area (Å²) in [6, 6.07) is 7.56. The van der Waals surface area contributed by atoms with Crippen molar-refractivity contribution < 1.29 is 19.1 Å². The van der Waals surface area contributed by atoms with Gasteiger partial charge in [-0.2, -0.15) is 0 Å². The van der Waals surface area contributed by atoms with E-state index in [-0.39, 0.29) is 30.7 Å². The van der Waals surface area contributed by atoms with Gasteiger partial charge in [-0.05, 0) is 19.1 Å². The first-order valence-corrected chi connectivity index (χ1v) is 10.2. The number of hydrogen-bond donors (Lipinski definition) is 1. The summed E-state index contributed by atoms with van der Waals surface area (Å²) in [5.41, 5.74) is 2.46. The zero-order valence-electron chi connectivity index (χ0n) is 14.8. The normalized spacial score (nSPS) is 13.7. The number of esters is 1. The molecular formula is C18H19N3O4S2. The highest BCUT2D eigenvalue weighted by Crippen LogP contribution is 2.17. The summed E-state index contributed by atoms with van der Waals surface area (Å²) in [6.07, 6.45) is 0.159. The third-order valence-electron chi connectivity index (χ3n) is 3.79. The van der Waals surface area contributed by atoms with E-state index >= 15 is 0 Å². The average molecular weight is 406 g/mol. The van der Waals surface area contributed by atoms with Gasteiger partial charge in [-0.25, -0.2) is 4.98 Å². The van der Waals surface area contributed by atoms with Crippen molar-refractivity contribution in [1.29, 1.82) is 0 Å². The molecule has 142 valence electrons. The van der Waals surface area contributed by atoms with E-state index in [4.69, 9.17) is 4.74 Å². The molecule has 0 radical (unpaired) electrons. The predicted molar refractivity (Wildman–Crippen MR) is 105 cm³/mol. The Bertz CT molecular complexity index is 835. The van der Waals surface area contributed by atoms with Crippen LogP contribution in [0.3, 0.4) is 0 Å². The highest BCUT2D eigenvalue weighted by Gasteiger charge is 2.24. The lowest BCUT2D eigenvalue weighted by molar-refractivity contribution is -0.145. The number of amides is 2. The quantitative estimate of drug-likeness (QED) is 0.713. The fraction of sp³-hybridized carbons (Fsp3) is 0.333. The van der Waals surface area contributed by atoms with Crippen molar-refractivity contribution in [3.05, 3.63) is 45.9 Å². The molecule has 7 nitrogen and oxygen atoms in total. The molecule has 9 heteroatoms. The Kier molecular flexibility index (Phi) is 6.46. The lowest BCUT2D eigenvalue weighted by Crippen LogP contribution is -2.30. The second-order valence-electron chi connectivity index (χ2n) is 6.02. The summed E-state index contributed by atoms with van der Waals surface area (Å²) >= 11 is 2.55. The van der Waals surface area contributed by atoms with Crippen LogP contribution in [0.25, 0.3) is 0 Å². The van der Waals surface area contributed by atoms with Crippen molar-refractivity contribution in [2.45, 2.75) is 20.0 Å². The van der Waals surface area contributed by atoms with E-state index in [1.165, 1.54) is 28.0 Å². The monoisotopic (exact) mass is 405 g/mol. The van der Waals surface area contributed by atoms with Crippen LogP contribution in [0.2, 0.25) is 0 Å². The van der Waals surface area contributed by atoms with Crippen LogP contribution in [0.15, 0.2) is 29.6 Å². The van der Waals surface area contributed by atoms with Crippen molar-refractivity contribution in [2.24, 2.45) is 0 Å². The third-order valence-corrected chi connectivity index (χ3v) is 5.58. The number of thioether (sulfide) groups is 1. The SMILES string of the molecule is Cc1ccc(NC(=O)Cc2nc(COC(=O)CN3CCSC3=O)cs2)cc1. The number of rotatable bonds is 7. The van der Waals surface area contributed by atoms with Crippen molar-refractivity contribution in [2.75, 3.05) is 24.2 Å². The van der Waals surface area contributed by atoms with E-state index in [0.29, 0.717) is 23.0 Å². The van der Waals surface area contributed by atoms with Gasteiger partial charge in [0.15, 0.2) is 0 Å². The summed E-state index contributed by atoms with van der Waals surface area (Å²) in [5.74, 6) is 0.0889. The number of hydrogen-bond acceptors (Lipinski definition) is 7. The largest absolute Gasteiger partial charge is 0.458 e. The number of nitrogens with zero attached hydrogens (tertiary/aromatic N) is 2. The van der Waals surface area contributed by atoms with Gasteiger partial charge in [-0.1, -0.05) is 29.5 Å². The first-order valence-electron chi connectivity index (χ1n) is 8.37. The van der Waals surface area contributed by atoms with Gasteiger partial charge < -0.3 is 15.0 Å². The minimum Gasteiger partial charge on any atom is -0.458 e. The minimum atomic E-state index is -0.461. The highest BCUT2D eigenvalue weighted by molar-refractivity contribution is 8.13. The molecule has 0 bridgehead atoms. The summed E-state index contributed by atoms with van der Waals surface area (Å²) in [6.45, 7) is 2.54. The van der Waals surface area contributed by atoms with Crippen LogP contribution in [0.5, 0.6) is 0 Å². The summed E-state index contributed by atoms with van der Waals surface area (Å²) in [4.78, 5) is 41.2. The second kappa shape index (κ2) is 9.01. The van der Waals surface area contributed by atoms with Crippen molar-refractivity contribution in [3.8, 4) is 0 Å². The number of anilines is 1. The molecule has 1 aliphatic rings. The first-order chi connectivity index (χ1) is 13.0. The van der Waals surface area contributed by atoms with Gasteiger partial charge in [-0.3, -0.25) is 14.4 Å². The Hall–Kier alpha value is -2.39. The van der Waals surface area contributed by atoms with E-state index < -0.39 is 5.97 Å². The van der Waals surface area contributed by atoms with Crippen LogP contribution in [-0.2, 0) is 27.4 Å². The van der Waals surface area contributed by atoms with Gasteiger partial charge in [0, 0.05) is 23.4 Å². The maximum atomic E-state index is 12.1. The van der Waals surface area contributed by atoms with Crippen LogP contribution < -0.4 is 5.32 Å². The molecular weight excluding hydrogens is 386 g/mol. The summed E-state index contributed by atoms with van der Waals surface area (Å²) in [7, 11) is 0. The van der Waals surface area contributed by atoms with Gasteiger partial charge in [0.1, 0.15) is 18.2 Å². The molecule has 1 aromatic carbocycles. The standard InChI is InChI=1S/C18H19N3O4S2/c1-12-2-4-13(5-3-12)19-15(22)8-16-20-14(11-27-16)10-25-17(23)9-21-6-7-26-18(21)24/h2-5,11H,6-10H2,1H3,(H,19,22). The summed E-state index contributed by atoms with van der Waals surface area (Å²) < 4.78 is 5.17. The third kappa shape index (κ3) is 5.80. The molecule has 1 aliphatic heterocycles. The Balaban J connectivity index is 1.43. The summed E-state index contributed by atoms with van der Waals surface area (Å²) in [5, 5.41) is 5.14. The van der Waals surface area contributed by atoms with Gasteiger partial charge in [-0.15, -0.1) is 11.3 Å². The number of carbonyl (C=O) groups is 3. The molecule has 0 unspecified atom stereocenters. The molecule has 1 aromatic heterocycles. The first kappa shape index (κ1) is 19.4. The molecule has 0 atom stereocenters. The molecule has 1 N–H and O–H groups in total. The molecule has 2 heterocycles. The molecule has 0 aliphatic carbocycles. The molecule has 0 saturated carbocycles. The van der Waals surface area contributed by atoms with Gasteiger partial charge in [0.2, 0.25) is 5.91 Å². The van der Waals surface area contributed by atoms with Crippen molar-refractivity contribution >= 4 is 45.9 Å². The number of ether oxygens (including phenoxy) is 1. The average Bonchev–Trinajstić information content (AvgIpc) is 3.24. The maximum Gasteiger partial charge on any atom is 0.326 e. The Morgan fingerprint density at radius 3 is 2.78 bits per heavy atom. The van der Waals surface area contributed by atoms with Crippen LogP contribution >= 0.6 is 23.1 Å². The highest BCUT2D eigenvalue weighted by atomic mass is 32.2. The lowest BCUT2D eigenvalue weighted by Gasteiger charge is -2.12. The van der Waals surface area contributed by atoms with E-state index in [1.807, 2.05) is 31.2 Å². The van der Waals surface area contributed by atoms with Gasteiger partial charge >= 0.3 is 5.97 Å². The maximum absolute atomic E-state index is 12.1. The number of benzene rings is 1. The van der Waals surface area contributed by atoms with Crippen molar-refractivity contribution in [3.63, 3.8) is 0 Å². The van der Waals surface area contributed by atoms with Crippen molar-refractivity contribution in [1.82, 2.24) is 9.88 Å². The zero-order valence-corrected chi connectivity index (χ0v) is 16.4. The van der Waals surface area contributed by atoms with E-state index in [1.54, 1.807) is 5.38 Å². The number of thiazole rings is 1. The topological polar surface area (TPSA) is 88.6 Å². The van der Waals surface area contributed by atoms with E-state index in [0.717, 1.165) is 11.3 Å². The fourth-order valence-electron chi connectivity index (χ4n) is 2.40. The number of carbonyl (C=O) groups excluding carboxylic acids is 3. The minimum absolute atomic E-state index is 0.0318. The molecule has 0 spiro atoms. The smallest absolute Gasteiger partial charge is 0.326 e. The van der Waals surface area contributed by atoms with Gasteiger partial charge in [0.25, 0.3) is 5.24 Å². The number of nitrogens with one attached hydrogen (secondary N) is 1. The van der Waals surface area contributed by atoms with E-state index in [9.17, 15) is 14.4 Å². The number of aromatic nitrogens is 1. The molecule has 1 fully saturated rings. The van der Waals surface area contributed by atoms with Crippen LogP contribution in [0, 0.1) is 6.92 Å². The molecule has 2 amide bonds. The lowest BCUT2D eigenvalue weighted by atomic mass is 10.2. The Morgan fingerprint density at radius 2 is 2.07 bits per heavy atom. The van der Waals surface area contributed by atoms with Crippen LogP contribution in [0.4, 0.5) is 10.5 Å².